The molecule has 0 atom stereocenters. The zero-order valence-corrected chi connectivity index (χ0v) is 7.54. The number of hydrogen-bond acceptors (Lipinski definition) is 1. The van der Waals surface area contributed by atoms with Crippen LogP contribution in [0.2, 0.25) is 0 Å². The van der Waals surface area contributed by atoms with Gasteiger partial charge in [0.2, 0.25) is 0 Å². The van der Waals surface area contributed by atoms with Gasteiger partial charge in [0.05, 0.1) is 0 Å². The van der Waals surface area contributed by atoms with Gasteiger partial charge in [-0.2, -0.15) is 0 Å². The third-order valence-electron chi connectivity index (χ3n) is 1.75. The van der Waals surface area contributed by atoms with Crippen LogP contribution in [0, 0.1) is 6.92 Å². The van der Waals surface area contributed by atoms with Crippen molar-refractivity contribution in [1.29, 1.82) is 0 Å². The normalized spacial score (nSPS) is 11.3. The van der Waals surface area contributed by atoms with Crippen LogP contribution in [-0.4, -0.2) is 4.98 Å². The molecular formula is C11H13N. The van der Waals surface area contributed by atoms with Gasteiger partial charge in [-0.05, 0) is 25.5 Å². The molecular weight excluding hydrogens is 146 g/mol. The van der Waals surface area contributed by atoms with Gasteiger partial charge >= 0.3 is 0 Å². The molecule has 62 valence electrons. The van der Waals surface area contributed by atoms with Gasteiger partial charge in [0.25, 0.3) is 0 Å². The molecule has 1 nitrogen and oxygen atoms in total. The average Bonchev–Trinajstić information content (AvgIpc) is 2.09. The van der Waals surface area contributed by atoms with Crippen LogP contribution in [0.1, 0.15) is 18.2 Å². The number of allylic oxidation sites excluding steroid dienone is 2. The highest BCUT2D eigenvalue weighted by Gasteiger charge is 1.92. The van der Waals surface area contributed by atoms with Crippen LogP contribution < -0.4 is 0 Å². The Labute approximate surface area is 73.5 Å². The summed E-state index contributed by atoms with van der Waals surface area (Å²) in [6.45, 7) is 7.73. The Bertz CT molecular complexity index is 311. The molecule has 0 bridgehead atoms. The van der Waals surface area contributed by atoms with Gasteiger partial charge in [-0.3, -0.25) is 4.98 Å². The molecule has 1 heterocycles. The van der Waals surface area contributed by atoms with E-state index in [1.165, 1.54) is 0 Å². The van der Waals surface area contributed by atoms with E-state index < -0.39 is 0 Å². The second-order valence-corrected chi connectivity index (χ2v) is 2.77. The predicted octanol–water partition coefficient (Wildman–Crippen LogP) is 2.98. The molecule has 0 saturated heterocycles. The molecule has 1 aromatic heterocycles. The van der Waals surface area contributed by atoms with Gasteiger partial charge in [0.15, 0.2) is 0 Å². The molecule has 0 saturated carbocycles. The number of aromatic nitrogens is 1. The zero-order valence-electron chi connectivity index (χ0n) is 7.54. The minimum absolute atomic E-state index is 1.05. The van der Waals surface area contributed by atoms with Crippen LogP contribution in [0.3, 0.4) is 0 Å². The molecule has 12 heavy (non-hydrogen) atoms. The predicted molar refractivity (Wildman–Crippen MR) is 52.8 cm³/mol. The zero-order chi connectivity index (χ0) is 8.97. The van der Waals surface area contributed by atoms with Gasteiger partial charge in [0, 0.05) is 11.9 Å². The molecule has 0 fully saturated rings. The summed E-state index contributed by atoms with van der Waals surface area (Å²) in [6.07, 6.45) is 5.72. The highest BCUT2D eigenvalue weighted by Crippen LogP contribution is 2.09. The molecule has 0 N–H and O–H groups in total. The Morgan fingerprint density at radius 1 is 1.58 bits per heavy atom. The minimum atomic E-state index is 1.05. The summed E-state index contributed by atoms with van der Waals surface area (Å²) < 4.78 is 0. The Kier molecular flexibility index (Phi) is 2.81. The summed E-state index contributed by atoms with van der Waals surface area (Å²) in [5.41, 5.74) is 3.37. The fourth-order valence-electron chi connectivity index (χ4n) is 0.953. The summed E-state index contributed by atoms with van der Waals surface area (Å²) in [5.74, 6) is 0. The van der Waals surface area contributed by atoms with E-state index in [-0.39, 0.29) is 0 Å². The highest BCUT2D eigenvalue weighted by molar-refractivity contribution is 5.56. The van der Waals surface area contributed by atoms with Crippen molar-refractivity contribution in [3.05, 3.63) is 47.8 Å². The molecule has 0 aromatic carbocycles. The lowest BCUT2D eigenvalue weighted by atomic mass is 10.1. The molecule has 0 spiro atoms. The van der Waals surface area contributed by atoms with Gasteiger partial charge < -0.3 is 0 Å². The summed E-state index contributed by atoms with van der Waals surface area (Å²) in [7, 11) is 0. The van der Waals surface area contributed by atoms with Crippen molar-refractivity contribution in [3.8, 4) is 0 Å². The van der Waals surface area contributed by atoms with Crippen molar-refractivity contribution >= 4 is 6.08 Å². The Hall–Kier alpha value is -1.37. The lowest BCUT2D eigenvalue weighted by Gasteiger charge is -1.98. The Morgan fingerprint density at radius 3 is 2.92 bits per heavy atom. The van der Waals surface area contributed by atoms with Crippen molar-refractivity contribution < 1.29 is 0 Å². The number of nitrogens with zero attached hydrogens (tertiary/aromatic N) is 1. The average molecular weight is 159 g/mol. The van der Waals surface area contributed by atoms with Gasteiger partial charge in [-0.1, -0.05) is 30.4 Å². The quantitative estimate of drug-likeness (QED) is 0.604. The van der Waals surface area contributed by atoms with Crippen molar-refractivity contribution in [2.24, 2.45) is 0 Å². The molecule has 0 aliphatic heterocycles. The molecule has 1 heteroatoms. The summed E-state index contributed by atoms with van der Waals surface area (Å²) in [5, 5.41) is 0. The maximum absolute atomic E-state index is 4.19. The number of pyridine rings is 1. The van der Waals surface area contributed by atoms with Crippen molar-refractivity contribution in [3.63, 3.8) is 0 Å². The maximum atomic E-state index is 4.19. The Balaban J connectivity index is 3.04. The van der Waals surface area contributed by atoms with Crippen LogP contribution in [-0.2, 0) is 0 Å². The van der Waals surface area contributed by atoms with E-state index in [4.69, 9.17) is 0 Å². The summed E-state index contributed by atoms with van der Waals surface area (Å²) in [4.78, 5) is 4.19. The Morgan fingerprint density at radius 2 is 2.33 bits per heavy atom. The molecule has 0 aliphatic carbocycles. The van der Waals surface area contributed by atoms with E-state index >= 15 is 0 Å². The van der Waals surface area contributed by atoms with E-state index in [0.717, 1.165) is 16.8 Å². The van der Waals surface area contributed by atoms with Gasteiger partial charge in [-0.15, -0.1) is 0 Å². The fourth-order valence-corrected chi connectivity index (χ4v) is 0.953. The van der Waals surface area contributed by atoms with Crippen LogP contribution in [0.4, 0.5) is 0 Å². The summed E-state index contributed by atoms with van der Waals surface area (Å²) >= 11 is 0. The lowest BCUT2D eigenvalue weighted by molar-refractivity contribution is 1.19. The highest BCUT2D eigenvalue weighted by atomic mass is 14.7. The van der Waals surface area contributed by atoms with Crippen molar-refractivity contribution in [1.82, 2.24) is 4.98 Å². The van der Waals surface area contributed by atoms with Crippen LogP contribution in [0.15, 0.2) is 36.6 Å². The topological polar surface area (TPSA) is 12.9 Å². The van der Waals surface area contributed by atoms with E-state index in [0.29, 0.717) is 0 Å². The largest absolute Gasteiger partial charge is 0.261 e. The monoisotopic (exact) mass is 159 g/mol. The van der Waals surface area contributed by atoms with E-state index in [9.17, 15) is 0 Å². The van der Waals surface area contributed by atoms with Gasteiger partial charge in [-0.25, -0.2) is 0 Å². The lowest BCUT2D eigenvalue weighted by Crippen LogP contribution is -1.84. The fraction of sp³-hybridized carbons (Fsp3) is 0.182. The van der Waals surface area contributed by atoms with E-state index in [1.807, 2.05) is 26.0 Å². The van der Waals surface area contributed by atoms with Crippen molar-refractivity contribution in [2.75, 3.05) is 0 Å². The standard InChI is InChI=1S/C11H13N/c1-4-9(2)8-11-6-5-7-12-10(11)3/h4-8H,1H2,2-3H3/b9-8-. The first-order chi connectivity index (χ1) is 5.74. The maximum Gasteiger partial charge on any atom is 0.0444 e. The smallest absolute Gasteiger partial charge is 0.0444 e. The molecule has 0 amide bonds. The van der Waals surface area contributed by atoms with E-state index in [2.05, 4.69) is 23.7 Å². The third kappa shape index (κ3) is 2.06. The number of rotatable bonds is 2. The first-order valence-electron chi connectivity index (χ1n) is 3.96. The number of hydrogen-bond donors (Lipinski definition) is 0. The van der Waals surface area contributed by atoms with E-state index in [1.54, 1.807) is 6.20 Å². The minimum Gasteiger partial charge on any atom is -0.261 e. The second kappa shape index (κ2) is 3.86. The number of aryl methyl sites for hydroxylation is 1. The molecule has 1 rings (SSSR count). The first-order valence-corrected chi connectivity index (χ1v) is 3.96. The summed E-state index contributed by atoms with van der Waals surface area (Å²) in [6, 6.07) is 3.99. The first kappa shape index (κ1) is 8.72. The second-order valence-electron chi connectivity index (χ2n) is 2.77. The van der Waals surface area contributed by atoms with Crippen LogP contribution in [0.25, 0.3) is 6.08 Å². The third-order valence-corrected chi connectivity index (χ3v) is 1.75. The van der Waals surface area contributed by atoms with Gasteiger partial charge in [0.1, 0.15) is 0 Å². The molecule has 0 aliphatic rings. The molecule has 0 radical (unpaired) electrons. The molecule has 1 aromatic rings. The van der Waals surface area contributed by atoms with Crippen LogP contribution in [0.5, 0.6) is 0 Å². The molecule has 0 unspecified atom stereocenters. The van der Waals surface area contributed by atoms with Crippen LogP contribution >= 0.6 is 0 Å². The SMILES string of the molecule is C=C/C(C)=C\c1cccnc1C. The van der Waals surface area contributed by atoms with Crippen molar-refractivity contribution in [2.45, 2.75) is 13.8 Å².